The van der Waals surface area contributed by atoms with Gasteiger partial charge in [0.2, 0.25) is 10.8 Å². The smallest absolute Gasteiger partial charge is 0.274 e. The van der Waals surface area contributed by atoms with Crippen molar-refractivity contribution < 1.29 is 8.78 Å². The molecule has 0 aliphatic carbocycles. The number of rotatable bonds is 2. The number of hydrogen-bond donors (Lipinski definition) is 0. The molecule has 0 bridgehead atoms. The first-order chi connectivity index (χ1) is 8.56. The highest BCUT2D eigenvalue weighted by Gasteiger charge is 2.21. The van der Waals surface area contributed by atoms with Gasteiger partial charge in [0.25, 0.3) is 6.43 Å². The lowest BCUT2D eigenvalue weighted by Crippen LogP contribution is -1.96. The third-order valence-electron chi connectivity index (χ3n) is 2.20. The predicted octanol–water partition coefficient (Wildman–Crippen LogP) is 2.18. The number of hydrogen-bond acceptors (Lipinski definition) is 5. The van der Waals surface area contributed by atoms with Crippen molar-refractivity contribution in [3.05, 3.63) is 17.0 Å². The Morgan fingerprint density at radius 3 is 2.72 bits per heavy atom. The predicted molar refractivity (Wildman–Crippen MR) is 60.8 cm³/mol. The molecule has 94 valence electrons. The Bertz CT molecular complexity index is 716. The lowest BCUT2D eigenvalue weighted by molar-refractivity contribution is 0.137. The van der Waals surface area contributed by atoms with Gasteiger partial charge in [-0.25, -0.2) is 8.78 Å². The van der Waals surface area contributed by atoms with E-state index in [1.54, 1.807) is 13.2 Å². The van der Waals surface area contributed by atoms with Gasteiger partial charge in [0.15, 0.2) is 5.01 Å². The summed E-state index contributed by atoms with van der Waals surface area (Å²) in [5, 5.41) is 16.0. The van der Waals surface area contributed by atoms with Crippen molar-refractivity contribution in [2.75, 3.05) is 0 Å². The van der Waals surface area contributed by atoms with E-state index in [-0.39, 0.29) is 4.96 Å². The first-order valence-corrected chi connectivity index (χ1v) is 5.95. The highest BCUT2D eigenvalue weighted by Crippen LogP contribution is 2.30. The Hall–Kier alpha value is -1.61. The molecule has 0 saturated carbocycles. The van der Waals surface area contributed by atoms with Crippen LogP contribution in [0.5, 0.6) is 0 Å². The van der Waals surface area contributed by atoms with Crippen LogP contribution in [0.3, 0.4) is 0 Å². The third kappa shape index (κ3) is 1.66. The molecular formula is C8H5ClF2N6S. The third-order valence-corrected chi connectivity index (χ3v) is 3.38. The van der Waals surface area contributed by atoms with Gasteiger partial charge in [0.1, 0.15) is 5.69 Å². The van der Waals surface area contributed by atoms with Crippen LogP contribution >= 0.6 is 22.9 Å². The van der Waals surface area contributed by atoms with E-state index in [4.69, 9.17) is 11.6 Å². The summed E-state index contributed by atoms with van der Waals surface area (Å²) in [6, 6.07) is 0. The Morgan fingerprint density at radius 1 is 1.33 bits per heavy atom. The zero-order valence-corrected chi connectivity index (χ0v) is 10.5. The summed E-state index contributed by atoms with van der Waals surface area (Å²) < 4.78 is 27.8. The zero-order chi connectivity index (χ0) is 12.9. The second kappa shape index (κ2) is 3.95. The minimum Gasteiger partial charge on any atom is -0.274 e. The molecule has 18 heavy (non-hydrogen) atoms. The average Bonchev–Trinajstić information content (AvgIpc) is 2.90. The van der Waals surface area contributed by atoms with E-state index in [0.29, 0.717) is 15.7 Å². The van der Waals surface area contributed by atoms with Gasteiger partial charge in [-0.05, 0) is 0 Å². The van der Waals surface area contributed by atoms with Crippen molar-refractivity contribution in [1.82, 2.24) is 29.6 Å². The number of halogens is 3. The van der Waals surface area contributed by atoms with Crippen LogP contribution in [-0.4, -0.2) is 29.6 Å². The molecule has 10 heteroatoms. The molecule has 6 nitrogen and oxygen atoms in total. The number of aryl methyl sites for hydroxylation is 1. The Morgan fingerprint density at radius 2 is 2.11 bits per heavy atom. The van der Waals surface area contributed by atoms with Gasteiger partial charge >= 0.3 is 0 Å². The lowest BCUT2D eigenvalue weighted by Gasteiger charge is -1.92. The van der Waals surface area contributed by atoms with E-state index in [9.17, 15) is 8.78 Å². The minimum absolute atomic E-state index is 0.280. The van der Waals surface area contributed by atoms with Crippen molar-refractivity contribution in [3.63, 3.8) is 0 Å². The average molecular weight is 291 g/mol. The minimum atomic E-state index is -2.73. The molecule has 0 aliphatic heterocycles. The topological polar surface area (TPSA) is 60.9 Å². The first kappa shape index (κ1) is 11.5. The van der Waals surface area contributed by atoms with Crippen LogP contribution in [0.15, 0.2) is 6.20 Å². The van der Waals surface area contributed by atoms with E-state index in [1.807, 2.05) is 0 Å². The highest BCUT2D eigenvalue weighted by atomic mass is 35.5. The number of alkyl halides is 2. The van der Waals surface area contributed by atoms with Crippen LogP contribution in [0.25, 0.3) is 15.7 Å². The first-order valence-electron chi connectivity index (χ1n) is 4.76. The quantitative estimate of drug-likeness (QED) is 0.726. The van der Waals surface area contributed by atoms with E-state index in [1.165, 1.54) is 4.68 Å². The number of nitrogens with zero attached hydrogens (tertiary/aromatic N) is 6. The molecule has 0 atom stereocenters. The Labute approximate surface area is 108 Å². The molecule has 3 aromatic heterocycles. The SMILES string of the molecule is Cn1cc(Cl)c(-c2nn3c(C(F)F)nnc3s2)n1. The highest BCUT2D eigenvalue weighted by molar-refractivity contribution is 7.19. The van der Waals surface area contributed by atoms with Crippen molar-refractivity contribution in [1.29, 1.82) is 0 Å². The fourth-order valence-electron chi connectivity index (χ4n) is 1.47. The van der Waals surface area contributed by atoms with E-state index in [2.05, 4.69) is 20.4 Å². The molecule has 0 amide bonds. The zero-order valence-electron chi connectivity index (χ0n) is 8.88. The largest absolute Gasteiger partial charge is 0.299 e. The second-order valence-electron chi connectivity index (χ2n) is 3.46. The molecular weight excluding hydrogens is 286 g/mol. The van der Waals surface area contributed by atoms with Crippen molar-refractivity contribution >= 4 is 27.9 Å². The van der Waals surface area contributed by atoms with Crippen molar-refractivity contribution in [2.45, 2.75) is 6.43 Å². The van der Waals surface area contributed by atoms with Crippen LogP contribution in [0.2, 0.25) is 5.02 Å². The van der Waals surface area contributed by atoms with Crippen molar-refractivity contribution in [2.24, 2.45) is 7.05 Å². The fourth-order valence-corrected chi connectivity index (χ4v) is 2.64. The standard InChI is InChI=1S/C8H5ClF2N6S/c1-16-2-3(9)4(14-16)7-15-17-6(5(10)11)12-13-8(17)18-7/h2,5H,1H3. The Kier molecular flexibility index (Phi) is 2.52. The van der Waals surface area contributed by atoms with E-state index >= 15 is 0 Å². The summed E-state index contributed by atoms with van der Waals surface area (Å²) in [4.78, 5) is 0.280. The number of fused-ring (bicyclic) bond motifs is 1. The molecule has 0 fully saturated rings. The molecule has 3 heterocycles. The summed E-state index contributed by atoms with van der Waals surface area (Å²) in [7, 11) is 1.71. The summed E-state index contributed by atoms with van der Waals surface area (Å²) in [6.45, 7) is 0. The van der Waals surface area contributed by atoms with Crippen LogP contribution in [0.4, 0.5) is 8.78 Å². The molecule has 0 spiro atoms. The van der Waals surface area contributed by atoms with E-state index in [0.717, 1.165) is 15.9 Å². The van der Waals surface area contributed by atoms with Crippen LogP contribution in [0.1, 0.15) is 12.2 Å². The molecule has 0 radical (unpaired) electrons. The van der Waals surface area contributed by atoms with Gasteiger partial charge in [0.05, 0.1) is 5.02 Å². The normalized spacial score (nSPS) is 11.8. The summed E-state index contributed by atoms with van der Waals surface area (Å²) in [5.41, 5.74) is 0.440. The molecule has 0 unspecified atom stereocenters. The summed E-state index contributed by atoms with van der Waals surface area (Å²) in [6.07, 6.45) is -1.12. The van der Waals surface area contributed by atoms with Crippen LogP contribution < -0.4 is 0 Å². The van der Waals surface area contributed by atoms with Crippen LogP contribution in [0, 0.1) is 0 Å². The second-order valence-corrected chi connectivity index (χ2v) is 4.82. The van der Waals surface area contributed by atoms with Gasteiger partial charge in [-0.1, -0.05) is 22.9 Å². The van der Waals surface area contributed by atoms with Crippen molar-refractivity contribution in [3.8, 4) is 10.7 Å². The van der Waals surface area contributed by atoms with Gasteiger partial charge < -0.3 is 0 Å². The lowest BCUT2D eigenvalue weighted by atomic mass is 10.5. The fraction of sp³-hybridized carbons (Fsp3) is 0.250. The van der Waals surface area contributed by atoms with Crippen LogP contribution in [-0.2, 0) is 7.05 Å². The number of aromatic nitrogens is 6. The molecule has 3 aromatic rings. The molecule has 0 aliphatic rings. The summed E-state index contributed by atoms with van der Waals surface area (Å²) >= 11 is 7.07. The molecule has 0 saturated heterocycles. The molecule has 0 N–H and O–H groups in total. The molecule has 0 aromatic carbocycles. The maximum atomic E-state index is 12.6. The summed E-state index contributed by atoms with van der Waals surface area (Å²) in [5.74, 6) is -0.487. The van der Waals surface area contributed by atoms with Gasteiger partial charge in [0, 0.05) is 13.2 Å². The maximum Gasteiger partial charge on any atom is 0.299 e. The maximum absolute atomic E-state index is 12.6. The molecule has 3 rings (SSSR count). The van der Waals surface area contributed by atoms with Gasteiger partial charge in [-0.2, -0.15) is 14.7 Å². The Balaban J connectivity index is 2.17. The van der Waals surface area contributed by atoms with E-state index < -0.39 is 12.2 Å². The monoisotopic (exact) mass is 290 g/mol. The van der Waals surface area contributed by atoms with Gasteiger partial charge in [-0.15, -0.1) is 10.2 Å². The van der Waals surface area contributed by atoms with Gasteiger partial charge in [-0.3, -0.25) is 4.68 Å².